The number of hydrogen-bond acceptors (Lipinski definition) is 3. The molecule has 118 valence electrons. The second-order valence-electron chi connectivity index (χ2n) is 6.07. The van der Waals surface area contributed by atoms with Crippen molar-refractivity contribution in [2.45, 2.75) is 57.0 Å². The fourth-order valence-electron chi connectivity index (χ4n) is 3.06. The molecule has 5 heteroatoms. The van der Waals surface area contributed by atoms with Crippen molar-refractivity contribution in [2.24, 2.45) is 5.92 Å². The van der Waals surface area contributed by atoms with Crippen LogP contribution in [0.5, 0.6) is 0 Å². The van der Waals surface area contributed by atoms with Crippen LogP contribution in [0.15, 0.2) is 23.1 Å². The summed E-state index contributed by atoms with van der Waals surface area (Å²) < 4.78 is 27.9. The maximum Gasteiger partial charge on any atom is 0.240 e. The van der Waals surface area contributed by atoms with E-state index >= 15 is 0 Å². The van der Waals surface area contributed by atoms with Crippen molar-refractivity contribution in [1.29, 1.82) is 0 Å². The fraction of sp³-hybridized carbons (Fsp3) is 0.625. The Hall–Kier alpha value is -0.910. The monoisotopic (exact) mass is 310 g/mol. The first kappa shape index (κ1) is 16.5. The third kappa shape index (κ3) is 4.05. The topological polar surface area (TPSA) is 58.2 Å². The van der Waals surface area contributed by atoms with Crippen molar-refractivity contribution >= 4 is 10.0 Å². The van der Waals surface area contributed by atoms with Gasteiger partial charge in [0.15, 0.2) is 0 Å². The summed E-state index contributed by atoms with van der Waals surface area (Å²) in [7, 11) is -1.57. The zero-order valence-electron chi connectivity index (χ0n) is 13.1. The summed E-state index contributed by atoms with van der Waals surface area (Å²) in [6.45, 7) is 4.65. The number of aryl methyl sites for hydroxylation is 1. The maximum atomic E-state index is 12.5. The van der Waals surface area contributed by atoms with Gasteiger partial charge in [0.1, 0.15) is 0 Å². The van der Waals surface area contributed by atoms with Gasteiger partial charge in [-0.3, -0.25) is 0 Å². The minimum atomic E-state index is -3.43. The van der Waals surface area contributed by atoms with Crippen molar-refractivity contribution in [3.05, 3.63) is 29.3 Å². The number of nitrogens with one attached hydrogen (secondary N) is 2. The molecule has 0 amide bonds. The van der Waals surface area contributed by atoms with E-state index in [9.17, 15) is 8.42 Å². The molecule has 1 aromatic carbocycles. The quantitative estimate of drug-likeness (QED) is 0.849. The molecule has 0 bridgehead atoms. The molecule has 1 saturated carbocycles. The van der Waals surface area contributed by atoms with E-state index in [1.165, 1.54) is 12.8 Å². The molecular weight excluding hydrogens is 284 g/mol. The van der Waals surface area contributed by atoms with E-state index in [2.05, 4.69) is 10.0 Å². The summed E-state index contributed by atoms with van der Waals surface area (Å²) in [6, 6.07) is 5.35. The lowest BCUT2D eigenvalue weighted by atomic mass is 10.0. The van der Waals surface area contributed by atoms with Gasteiger partial charge in [0.05, 0.1) is 4.90 Å². The van der Waals surface area contributed by atoms with E-state index in [1.807, 2.05) is 27.0 Å². The SMILES string of the molecule is CNCc1cc(S(=O)(=O)NC(C)C2CCCC2)ccc1C. The first-order chi connectivity index (χ1) is 9.94. The van der Waals surface area contributed by atoms with Crippen LogP contribution in [0.1, 0.15) is 43.7 Å². The van der Waals surface area contributed by atoms with Gasteiger partial charge in [-0.25, -0.2) is 13.1 Å². The standard InChI is InChI=1S/C16H26N2O2S/c1-12-8-9-16(10-15(12)11-17-3)21(19,20)18-13(2)14-6-4-5-7-14/h8-10,13-14,17-18H,4-7,11H2,1-3H3. The van der Waals surface area contributed by atoms with Crippen molar-refractivity contribution in [3.8, 4) is 0 Å². The van der Waals surface area contributed by atoms with E-state index < -0.39 is 10.0 Å². The van der Waals surface area contributed by atoms with Gasteiger partial charge in [-0.05, 0) is 62.9 Å². The van der Waals surface area contributed by atoms with Crippen LogP contribution in [0.3, 0.4) is 0 Å². The first-order valence-electron chi connectivity index (χ1n) is 7.70. The minimum absolute atomic E-state index is 0.00607. The zero-order chi connectivity index (χ0) is 15.5. The summed E-state index contributed by atoms with van der Waals surface area (Å²) in [6.07, 6.45) is 4.69. The molecular formula is C16H26N2O2S. The second kappa shape index (κ2) is 6.90. The molecule has 1 aliphatic rings. The number of hydrogen-bond donors (Lipinski definition) is 2. The third-order valence-corrected chi connectivity index (χ3v) is 6.00. The van der Waals surface area contributed by atoms with Gasteiger partial charge >= 0.3 is 0 Å². The predicted molar refractivity (Wildman–Crippen MR) is 85.7 cm³/mol. The lowest BCUT2D eigenvalue weighted by Gasteiger charge is -2.20. The van der Waals surface area contributed by atoms with Gasteiger partial charge < -0.3 is 5.32 Å². The van der Waals surface area contributed by atoms with Crippen molar-refractivity contribution in [3.63, 3.8) is 0 Å². The average Bonchev–Trinajstić information content (AvgIpc) is 2.95. The van der Waals surface area contributed by atoms with Gasteiger partial charge in [-0.15, -0.1) is 0 Å². The Labute approximate surface area is 128 Å². The molecule has 0 aromatic heterocycles. The Morgan fingerprint density at radius 2 is 1.95 bits per heavy atom. The van der Waals surface area contributed by atoms with Crippen LogP contribution in [-0.4, -0.2) is 21.5 Å². The minimum Gasteiger partial charge on any atom is -0.316 e. The summed E-state index contributed by atoms with van der Waals surface area (Å²) in [5, 5.41) is 3.07. The highest BCUT2D eigenvalue weighted by atomic mass is 32.2. The summed E-state index contributed by atoms with van der Waals surface area (Å²) >= 11 is 0. The molecule has 1 fully saturated rings. The Morgan fingerprint density at radius 3 is 2.57 bits per heavy atom. The van der Waals surface area contributed by atoms with Crippen molar-refractivity contribution < 1.29 is 8.42 Å². The Morgan fingerprint density at radius 1 is 1.29 bits per heavy atom. The smallest absolute Gasteiger partial charge is 0.240 e. The van der Waals surface area contributed by atoms with E-state index in [0.29, 0.717) is 17.4 Å². The summed E-state index contributed by atoms with van der Waals surface area (Å²) in [5.74, 6) is 0.474. The molecule has 2 N–H and O–H groups in total. The first-order valence-corrected chi connectivity index (χ1v) is 9.19. The molecule has 1 unspecified atom stereocenters. The van der Waals surface area contributed by atoms with Crippen molar-refractivity contribution in [2.75, 3.05) is 7.05 Å². The van der Waals surface area contributed by atoms with Gasteiger partial charge in [-0.2, -0.15) is 0 Å². The molecule has 2 rings (SSSR count). The van der Waals surface area contributed by atoms with E-state index in [1.54, 1.807) is 12.1 Å². The summed E-state index contributed by atoms with van der Waals surface area (Å²) in [5.41, 5.74) is 2.13. The predicted octanol–water partition coefficient (Wildman–Crippen LogP) is 2.57. The molecule has 1 atom stereocenters. The molecule has 1 aromatic rings. The third-order valence-electron chi connectivity index (χ3n) is 4.45. The van der Waals surface area contributed by atoms with Gasteiger partial charge in [0.25, 0.3) is 0 Å². The van der Waals surface area contributed by atoms with E-state index in [0.717, 1.165) is 24.0 Å². The van der Waals surface area contributed by atoms with Gasteiger partial charge in [-0.1, -0.05) is 18.9 Å². The molecule has 0 radical (unpaired) electrons. The molecule has 0 aliphatic heterocycles. The highest BCUT2D eigenvalue weighted by Gasteiger charge is 2.26. The lowest BCUT2D eigenvalue weighted by Crippen LogP contribution is -2.37. The molecule has 1 aliphatic carbocycles. The Balaban J connectivity index is 2.16. The zero-order valence-corrected chi connectivity index (χ0v) is 14.0. The van der Waals surface area contributed by atoms with Crippen LogP contribution in [0.25, 0.3) is 0 Å². The van der Waals surface area contributed by atoms with Crippen LogP contribution >= 0.6 is 0 Å². The normalized spacial score (nSPS) is 18.0. The molecule has 0 spiro atoms. The lowest BCUT2D eigenvalue weighted by molar-refractivity contribution is 0.424. The molecule has 21 heavy (non-hydrogen) atoms. The van der Waals surface area contributed by atoms with Crippen molar-refractivity contribution in [1.82, 2.24) is 10.0 Å². The number of sulfonamides is 1. The Bertz CT molecular complexity index is 578. The van der Waals surface area contributed by atoms with Crippen LogP contribution in [0.2, 0.25) is 0 Å². The van der Waals surface area contributed by atoms with Gasteiger partial charge in [0, 0.05) is 12.6 Å². The molecule has 0 heterocycles. The van der Waals surface area contributed by atoms with Crippen LogP contribution in [0.4, 0.5) is 0 Å². The maximum absolute atomic E-state index is 12.5. The van der Waals surface area contributed by atoms with Crippen LogP contribution < -0.4 is 10.0 Å². The van der Waals surface area contributed by atoms with Crippen LogP contribution in [-0.2, 0) is 16.6 Å². The number of rotatable bonds is 6. The molecule has 0 saturated heterocycles. The second-order valence-corrected chi connectivity index (χ2v) is 7.79. The largest absolute Gasteiger partial charge is 0.316 e. The average molecular weight is 310 g/mol. The summed E-state index contributed by atoms with van der Waals surface area (Å²) in [4.78, 5) is 0.364. The van der Waals surface area contributed by atoms with E-state index in [-0.39, 0.29) is 6.04 Å². The highest BCUT2D eigenvalue weighted by molar-refractivity contribution is 7.89. The van der Waals surface area contributed by atoms with Gasteiger partial charge in [0.2, 0.25) is 10.0 Å². The van der Waals surface area contributed by atoms with Crippen LogP contribution in [0, 0.1) is 12.8 Å². The Kier molecular flexibility index (Phi) is 5.41. The van der Waals surface area contributed by atoms with E-state index in [4.69, 9.17) is 0 Å². The highest BCUT2D eigenvalue weighted by Crippen LogP contribution is 2.28. The molecule has 4 nitrogen and oxygen atoms in total. The fourth-order valence-corrected chi connectivity index (χ4v) is 4.42. The number of benzene rings is 1.